The lowest BCUT2D eigenvalue weighted by Crippen LogP contribution is -2.44. The summed E-state index contributed by atoms with van der Waals surface area (Å²) >= 11 is 0. The van der Waals surface area contributed by atoms with E-state index >= 15 is 0 Å². The van der Waals surface area contributed by atoms with Crippen molar-refractivity contribution in [3.63, 3.8) is 0 Å². The van der Waals surface area contributed by atoms with E-state index in [1.165, 1.54) is 19.5 Å². The maximum absolute atomic E-state index is 6.24. The molecule has 0 saturated carbocycles. The van der Waals surface area contributed by atoms with Crippen LogP contribution in [0.3, 0.4) is 0 Å². The SMILES string of the molecule is CC[C@@H](C)[C@@H](N)CN(CC(C)C)CC(C)C. The van der Waals surface area contributed by atoms with Gasteiger partial charge in [0, 0.05) is 25.7 Å². The molecule has 0 aromatic heterocycles. The van der Waals surface area contributed by atoms with Crippen LogP contribution in [0.15, 0.2) is 0 Å². The molecule has 0 amide bonds. The van der Waals surface area contributed by atoms with Crippen LogP contribution in [0.25, 0.3) is 0 Å². The van der Waals surface area contributed by atoms with E-state index in [1.54, 1.807) is 0 Å². The van der Waals surface area contributed by atoms with Gasteiger partial charge in [-0.05, 0) is 17.8 Å². The van der Waals surface area contributed by atoms with Crippen LogP contribution >= 0.6 is 0 Å². The molecule has 0 fully saturated rings. The highest BCUT2D eigenvalue weighted by Crippen LogP contribution is 2.10. The van der Waals surface area contributed by atoms with Crippen molar-refractivity contribution in [1.82, 2.24) is 4.90 Å². The van der Waals surface area contributed by atoms with E-state index in [1.807, 2.05) is 0 Å². The van der Waals surface area contributed by atoms with Gasteiger partial charge >= 0.3 is 0 Å². The van der Waals surface area contributed by atoms with E-state index in [2.05, 4.69) is 46.4 Å². The van der Waals surface area contributed by atoms with Crippen molar-refractivity contribution in [3.8, 4) is 0 Å². The summed E-state index contributed by atoms with van der Waals surface area (Å²) in [5, 5.41) is 0. The number of nitrogens with zero attached hydrogens (tertiary/aromatic N) is 1. The van der Waals surface area contributed by atoms with Gasteiger partial charge in [0.1, 0.15) is 0 Å². The van der Waals surface area contributed by atoms with Crippen LogP contribution in [0.1, 0.15) is 48.0 Å². The molecule has 16 heavy (non-hydrogen) atoms. The van der Waals surface area contributed by atoms with E-state index in [4.69, 9.17) is 5.73 Å². The highest BCUT2D eigenvalue weighted by molar-refractivity contribution is 4.74. The van der Waals surface area contributed by atoms with E-state index < -0.39 is 0 Å². The van der Waals surface area contributed by atoms with Crippen molar-refractivity contribution in [3.05, 3.63) is 0 Å². The smallest absolute Gasteiger partial charge is 0.0193 e. The van der Waals surface area contributed by atoms with Crippen LogP contribution in [0.4, 0.5) is 0 Å². The van der Waals surface area contributed by atoms with Crippen molar-refractivity contribution in [2.24, 2.45) is 23.5 Å². The lowest BCUT2D eigenvalue weighted by atomic mass is 9.99. The minimum atomic E-state index is 0.322. The van der Waals surface area contributed by atoms with E-state index in [0.717, 1.165) is 18.4 Å². The number of nitrogens with two attached hydrogens (primary N) is 1. The maximum atomic E-state index is 6.24. The molecule has 98 valence electrons. The Morgan fingerprint density at radius 3 is 1.62 bits per heavy atom. The first-order chi connectivity index (χ1) is 7.36. The predicted molar refractivity (Wildman–Crippen MR) is 73.5 cm³/mol. The van der Waals surface area contributed by atoms with E-state index in [-0.39, 0.29) is 0 Å². The first-order valence-electron chi connectivity index (χ1n) is 6.84. The fourth-order valence-corrected chi connectivity index (χ4v) is 2.04. The molecule has 0 bridgehead atoms. The normalized spacial score (nSPS) is 16.1. The Hall–Kier alpha value is -0.0800. The highest BCUT2D eigenvalue weighted by Gasteiger charge is 2.16. The van der Waals surface area contributed by atoms with Crippen molar-refractivity contribution >= 4 is 0 Å². The fourth-order valence-electron chi connectivity index (χ4n) is 2.04. The second-order valence-electron chi connectivity index (χ2n) is 6.06. The molecule has 0 heterocycles. The first kappa shape index (κ1) is 15.9. The van der Waals surface area contributed by atoms with Crippen LogP contribution in [0.2, 0.25) is 0 Å². The van der Waals surface area contributed by atoms with Crippen LogP contribution in [-0.4, -0.2) is 30.6 Å². The number of rotatable bonds is 8. The zero-order valence-electron chi connectivity index (χ0n) is 12.2. The number of hydrogen-bond acceptors (Lipinski definition) is 2. The summed E-state index contributed by atoms with van der Waals surface area (Å²) in [4.78, 5) is 2.53. The maximum Gasteiger partial charge on any atom is 0.0193 e. The minimum absolute atomic E-state index is 0.322. The van der Waals surface area contributed by atoms with Crippen LogP contribution < -0.4 is 5.73 Å². The van der Waals surface area contributed by atoms with Crippen molar-refractivity contribution in [2.75, 3.05) is 19.6 Å². The lowest BCUT2D eigenvalue weighted by molar-refractivity contribution is 0.191. The molecule has 0 saturated heterocycles. The van der Waals surface area contributed by atoms with Crippen molar-refractivity contribution in [2.45, 2.75) is 54.0 Å². The molecule has 2 atom stereocenters. The average molecular weight is 228 g/mol. The largest absolute Gasteiger partial charge is 0.326 e. The molecule has 0 radical (unpaired) electrons. The molecule has 0 aliphatic heterocycles. The third-order valence-electron chi connectivity index (χ3n) is 3.09. The third-order valence-corrected chi connectivity index (χ3v) is 3.09. The van der Waals surface area contributed by atoms with Crippen molar-refractivity contribution < 1.29 is 0 Å². The third kappa shape index (κ3) is 7.24. The monoisotopic (exact) mass is 228 g/mol. The molecule has 0 aromatic carbocycles. The summed E-state index contributed by atoms with van der Waals surface area (Å²) in [5.41, 5.74) is 6.24. The van der Waals surface area contributed by atoms with Gasteiger partial charge < -0.3 is 10.6 Å². The van der Waals surface area contributed by atoms with E-state index in [9.17, 15) is 0 Å². The van der Waals surface area contributed by atoms with Gasteiger partial charge in [-0.15, -0.1) is 0 Å². The van der Waals surface area contributed by atoms with E-state index in [0.29, 0.717) is 12.0 Å². The molecule has 0 aliphatic rings. The van der Waals surface area contributed by atoms with Gasteiger partial charge in [0.25, 0.3) is 0 Å². The van der Waals surface area contributed by atoms with Gasteiger partial charge in [-0.3, -0.25) is 0 Å². The predicted octanol–water partition coefficient (Wildman–Crippen LogP) is 2.97. The fraction of sp³-hybridized carbons (Fsp3) is 1.00. The number of hydrogen-bond donors (Lipinski definition) is 1. The standard InChI is InChI=1S/C14H32N2/c1-7-13(6)14(15)10-16(8-11(2)3)9-12(4)5/h11-14H,7-10,15H2,1-6H3/t13-,14+/m1/s1. The summed E-state index contributed by atoms with van der Waals surface area (Å²) in [6.45, 7) is 17.0. The molecule has 2 heteroatoms. The Bertz CT molecular complexity index is 156. The summed E-state index contributed by atoms with van der Waals surface area (Å²) in [6.07, 6.45) is 1.18. The first-order valence-corrected chi connectivity index (χ1v) is 6.84. The van der Waals surface area contributed by atoms with Gasteiger partial charge in [-0.25, -0.2) is 0 Å². The second kappa shape index (κ2) is 8.08. The molecule has 0 unspecified atom stereocenters. The minimum Gasteiger partial charge on any atom is -0.326 e. The Morgan fingerprint density at radius 1 is 0.875 bits per heavy atom. The second-order valence-corrected chi connectivity index (χ2v) is 6.06. The Kier molecular flexibility index (Phi) is 8.04. The Labute approximate surface area is 103 Å². The molecule has 2 N–H and O–H groups in total. The van der Waals surface area contributed by atoms with Gasteiger partial charge in [-0.1, -0.05) is 48.0 Å². The molecule has 0 aromatic rings. The average Bonchev–Trinajstić information content (AvgIpc) is 2.14. The van der Waals surface area contributed by atoms with Gasteiger partial charge in [0.05, 0.1) is 0 Å². The molecule has 2 nitrogen and oxygen atoms in total. The van der Waals surface area contributed by atoms with Gasteiger partial charge in [-0.2, -0.15) is 0 Å². The summed E-state index contributed by atoms with van der Waals surface area (Å²) in [7, 11) is 0. The topological polar surface area (TPSA) is 29.3 Å². The summed E-state index contributed by atoms with van der Waals surface area (Å²) < 4.78 is 0. The molecule has 0 rings (SSSR count). The quantitative estimate of drug-likeness (QED) is 0.692. The van der Waals surface area contributed by atoms with Crippen LogP contribution in [0, 0.1) is 17.8 Å². The van der Waals surface area contributed by atoms with Gasteiger partial charge in [0.2, 0.25) is 0 Å². The van der Waals surface area contributed by atoms with Gasteiger partial charge in [0.15, 0.2) is 0 Å². The van der Waals surface area contributed by atoms with Crippen molar-refractivity contribution in [1.29, 1.82) is 0 Å². The Morgan fingerprint density at radius 2 is 1.31 bits per heavy atom. The van der Waals surface area contributed by atoms with Crippen LogP contribution in [-0.2, 0) is 0 Å². The van der Waals surface area contributed by atoms with Crippen LogP contribution in [0.5, 0.6) is 0 Å². The highest BCUT2D eigenvalue weighted by atomic mass is 15.1. The Balaban J connectivity index is 4.18. The zero-order valence-corrected chi connectivity index (χ0v) is 12.2. The lowest BCUT2D eigenvalue weighted by Gasteiger charge is -2.30. The summed E-state index contributed by atoms with van der Waals surface area (Å²) in [5.74, 6) is 2.08. The molecular formula is C14H32N2. The molecule has 0 spiro atoms. The molecular weight excluding hydrogens is 196 g/mol. The zero-order chi connectivity index (χ0) is 12.7. The summed E-state index contributed by atoms with van der Waals surface area (Å²) in [6, 6.07) is 0.322. The molecule has 0 aliphatic carbocycles.